The highest BCUT2D eigenvalue weighted by molar-refractivity contribution is 5.67. The number of carbonyl (C=O) groups excluding carboxylic acids is 1. The molecule has 142 valence electrons. The third-order valence-electron chi connectivity index (χ3n) is 2.93. The zero-order valence-electron chi connectivity index (χ0n) is 14.5. The number of para-hydroxylation sites is 1. The van der Waals surface area contributed by atoms with Crippen LogP contribution < -0.4 is 10.1 Å². The lowest BCUT2D eigenvalue weighted by molar-refractivity contribution is -0.274. The van der Waals surface area contributed by atoms with E-state index in [4.69, 9.17) is 4.74 Å². The van der Waals surface area contributed by atoms with Gasteiger partial charge in [0.15, 0.2) is 5.82 Å². The summed E-state index contributed by atoms with van der Waals surface area (Å²) in [5.41, 5.74) is -0.477. The Labute approximate surface area is 147 Å². The summed E-state index contributed by atoms with van der Waals surface area (Å²) in [6.07, 6.45) is -5.08. The van der Waals surface area contributed by atoms with E-state index in [1.807, 2.05) is 0 Å². The number of nitrogens with one attached hydrogen (secondary N) is 2. The van der Waals surface area contributed by atoms with Crippen molar-refractivity contribution in [1.82, 2.24) is 20.5 Å². The molecule has 0 saturated heterocycles. The molecular weight excluding hydrogens is 353 g/mol. The van der Waals surface area contributed by atoms with Gasteiger partial charge in [-0.1, -0.05) is 12.1 Å². The lowest BCUT2D eigenvalue weighted by Gasteiger charge is -2.19. The Morgan fingerprint density at radius 1 is 1.19 bits per heavy atom. The molecule has 0 aliphatic carbocycles. The molecule has 0 unspecified atom stereocenters. The first-order valence-corrected chi connectivity index (χ1v) is 7.77. The average Bonchev–Trinajstić information content (AvgIpc) is 2.93. The van der Waals surface area contributed by atoms with Crippen LogP contribution in [0.4, 0.5) is 18.0 Å². The highest BCUT2D eigenvalue weighted by atomic mass is 19.4. The summed E-state index contributed by atoms with van der Waals surface area (Å²) < 4.78 is 46.5. The van der Waals surface area contributed by atoms with Gasteiger partial charge in [0.2, 0.25) is 0 Å². The van der Waals surface area contributed by atoms with Crippen molar-refractivity contribution < 1.29 is 27.4 Å². The molecule has 2 rings (SSSR count). The van der Waals surface area contributed by atoms with Crippen LogP contribution >= 0.6 is 0 Å². The average molecular weight is 372 g/mol. The minimum atomic E-state index is -4.81. The summed E-state index contributed by atoms with van der Waals surface area (Å²) in [4.78, 5) is 14.4. The number of hydrogen-bond acceptors (Lipinski definition) is 5. The number of rotatable bonds is 5. The van der Waals surface area contributed by atoms with Crippen molar-refractivity contribution in [2.24, 2.45) is 0 Å². The fourth-order valence-corrected chi connectivity index (χ4v) is 2.00. The van der Waals surface area contributed by atoms with Gasteiger partial charge in [0.1, 0.15) is 17.2 Å². The monoisotopic (exact) mass is 372 g/mol. The Bertz CT molecular complexity index is 754. The van der Waals surface area contributed by atoms with E-state index >= 15 is 0 Å². The second-order valence-corrected chi connectivity index (χ2v) is 6.34. The van der Waals surface area contributed by atoms with E-state index in [0.29, 0.717) is 12.2 Å². The van der Waals surface area contributed by atoms with E-state index < -0.39 is 18.1 Å². The second-order valence-electron chi connectivity index (χ2n) is 6.34. The van der Waals surface area contributed by atoms with Crippen molar-refractivity contribution in [3.63, 3.8) is 0 Å². The van der Waals surface area contributed by atoms with Gasteiger partial charge in [0.25, 0.3) is 0 Å². The number of alkyl carbamates (subject to hydrolysis) is 1. The lowest BCUT2D eigenvalue weighted by atomic mass is 10.2. The van der Waals surface area contributed by atoms with Gasteiger partial charge in [0.05, 0.1) is 5.56 Å². The number of aromatic nitrogens is 3. The molecular formula is C16H19F3N4O3. The van der Waals surface area contributed by atoms with Crippen LogP contribution in [0.1, 0.15) is 26.6 Å². The first-order valence-electron chi connectivity index (χ1n) is 7.77. The van der Waals surface area contributed by atoms with Gasteiger partial charge in [-0.05, 0) is 32.9 Å². The van der Waals surface area contributed by atoms with Crippen molar-refractivity contribution in [1.29, 1.82) is 0 Å². The fourth-order valence-electron chi connectivity index (χ4n) is 2.00. The minimum absolute atomic E-state index is 0.128. The molecule has 0 atom stereocenters. The molecule has 1 amide bonds. The molecule has 2 N–H and O–H groups in total. The number of nitrogens with zero attached hydrogens (tertiary/aromatic N) is 2. The zero-order chi connectivity index (χ0) is 19.4. The molecule has 26 heavy (non-hydrogen) atoms. The maximum absolute atomic E-state index is 12.5. The Morgan fingerprint density at radius 2 is 1.88 bits per heavy atom. The van der Waals surface area contributed by atoms with Crippen LogP contribution in [-0.2, 0) is 11.2 Å². The third kappa shape index (κ3) is 6.26. The summed E-state index contributed by atoms with van der Waals surface area (Å²) in [6, 6.07) is 5.61. The first kappa shape index (κ1) is 19.5. The topological polar surface area (TPSA) is 89.1 Å². The molecule has 1 aromatic heterocycles. The van der Waals surface area contributed by atoms with Gasteiger partial charge in [-0.2, -0.15) is 0 Å². The fraction of sp³-hybridized carbons (Fsp3) is 0.438. The second kappa shape index (κ2) is 7.63. The molecule has 7 nitrogen and oxygen atoms in total. The van der Waals surface area contributed by atoms with Crippen LogP contribution in [0.5, 0.6) is 5.75 Å². The molecule has 2 aromatic rings. The predicted octanol–water partition coefficient (Wildman–Crippen LogP) is 3.44. The number of aromatic amines is 1. The molecule has 0 aliphatic heterocycles. The Balaban J connectivity index is 1.99. The van der Waals surface area contributed by atoms with Crippen LogP contribution in [0.3, 0.4) is 0 Å². The van der Waals surface area contributed by atoms with Gasteiger partial charge in [-0.25, -0.2) is 4.79 Å². The number of benzene rings is 1. The SMILES string of the molecule is CC(C)(C)OC(=O)NCCc1nnc(-c2ccccc2OC(F)(F)F)[nH]1. The molecule has 0 bridgehead atoms. The highest BCUT2D eigenvalue weighted by Crippen LogP contribution is 2.31. The Kier molecular flexibility index (Phi) is 5.73. The van der Waals surface area contributed by atoms with E-state index in [0.717, 1.165) is 0 Å². The van der Waals surface area contributed by atoms with Crippen LogP contribution in [0.2, 0.25) is 0 Å². The number of ether oxygens (including phenoxy) is 2. The smallest absolute Gasteiger partial charge is 0.444 e. The van der Waals surface area contributed by atoms with Gasteiger partial charge in [-0.3, -0.25) is 0 Å². The van der Waals surface area contributed by atoms with Gasteiger partial charge >= 0.3 is 12.5 Å². The summed E-state index contributed by atoms with van der Waals surface area (Å²) in [6.45, 7) is 5.46. The molecule has 1 aromatic carbocycles. The van der Waals surface area contributed by atoms with E-state index in [1.54, 1.807) is 26.8 Å². The predicted molar refractivity (Wildman–Crippen MR) is 86.4 cm³/mol. The van der Waals surface area contributed by atoms with Crippen LogP contribution in [-0.4, -0.2) is 39.8 Å². The minimum Gasteiger partial charge on any atom is -0.444 e. The van der Waals surface area contributed by atoms with Gasteiger partial charge in [0, 0.05) is 13.0 Å². The van der Waals surface area contributed by atoms with Crippen LogP contribution in [0.25, 0.3) is 11.4 Å². The molecule has 1 heterocycles. The quantitative estimate of drug-likeness (QED) is 0.839. The third-order valence-corrected chi connectivity index (χ3v) is 2.93. The normalized spacial score (nSPS) is 11.9. The van der Waals surface area contributed by atoms with E-state index in [1.165, 1.54) is 18.2 Å². The molecule has 0 aliphatic rings. The van der Waals surface area contributed by atoms with E-state index in [9.17, 15) is 18.0 Å². The van der Waals surface area contributed by atoms with Crippen molar-refractivity contribution in [3.05, 3.63) is 30.1 Å². The largest absolute Gasteiger partial charge is 0.573 e. The van der Waals surface area contributed by atoms with Gasteiger partial charge < -0.3 is 19.8 Å². The molecule has 10 heteroatoms. The molecule has 0 spiro atoms. The van der Waals surface area contributed by atoms with E-state index in [-0.39, 0.29) is 23.7 Å². The van der Waals surface area contributed by atoms with Crippen molar-refractivity contribution in [2.75, 3.05) is 6.54 Å². The van der Waals surface area contributed by atoms with Crippen LogP contribution in [0.15, 0.2) is 24.3 Å². The zero-order valence-corrected chi connectivity index (χ0v) is 14.5. The Morgan fingerprint density at radius 3 is 2.54 bits per heavy atom. The Hall–Kier alpha value is -2.78. The van der Waals surface area contributed by atoms with Crippen molar-refractivity contribution >= 4 is 6.09 Å². The molecule has 0 saturated carbocycles. The number of carbonyl (C=O) groups is 1. The molecule has 0 fully saturated rings. The molecule has 0 radical (unpaired) electrons. The lowest BCUT2D eigenvalue weighted by Crippen LogP contribution is -2.33. The summed E-state index contributed by atoms with van der Waals surface area (Å²) in [5, 5.41) is 10.3. The number of H-pyrrole nitrogens is 1. The maximum atomic E-state index is 12.5. The first-order chi connectivity index (χ1) is 12.0. The van der Waals surface area contributed by atoms with Crippen LogP contribution in [0, 0.1) is 0 Å². The maximum Gasteiger partial charge on any atom is 0.573 e. The summed E-state index contributed by atoms with van der Waals surface area (Å²) >= 11 is 0. The summed E-state index contributed by atoms with van der Waals surface area (Å²) in [7, 11) is 0. The van der Waals surface area contributed by atoms with Crippen molar-refractivity contribution in [2.45, 2.75) is 39.2 Å². The van der Waals surface area contributed by atoms with Crippen molar-refractivity contribution in [3.8, 4) is 17.1 Å². The standard InChI is InChI=1S/C16H19F3N4O3/c1-15(2,3)26-14(24)20-9-8-12-21-13(23-22-12)10-6-4-5-7-11(10)25-16(17,18)19/h4-7H,8-9H2,1-3H3,(H,20,24)(H,21,22,23). The number of halogens is 3. The highest BCUT2D eigenvalue weighted by Gasteiger charge is 2.32. The van der Waals surface area contributed by atoms with Gasteiger partial charge in [-0.15, -0.1) is 23.4 Å². The summed E-state index contributed by atoms with van der Waals surface area (Å²) in [5.74, 6) is 0.157. The number of alkyl halides is 3. The number of amides is 1. The van der Waals surface area contributed by atoms with E-state index in [2.05, 4.69) is 25.2 Å². The number of hydrogen-bond donors (Lipinski definition) is 2.